The van der Waals surface area contributed by atoms with Crippen LogP contribution in [0.3, 0.4) is 0 Å². The van der Waals surface area contributed by atoms with Gasteiger partial charge in [-0.2, -0.15) is 0 Å². The van der Waals surface area contributed by atoms with Gasteiger partial charge in [0.1, 0.15) is 0 Å². The molecule has 2 aliphatic rings. The summed E-state index contributed by atoms with van der Waals surface area (Å²) < 4.78 is 13.5. The summed E-state index contributed by atoms with van der Waals surface area (Å²) >= 11 is 0. The molecular weight excluding hydrogens is 288 g/mol. The molecule has 0 aromatic heterocycles. The molecule has 0 heterocycles. The van der Waals surface area contributed by atoms with Crippen molar-refractivity contribution in [3.8, 4) is 0 Å². The van der Waals surface area contributed by atoms with Gasteiger partial charge in [-0.15, -0.1) is 0 Å². The van der Waals surface area contributed by atoms with Crippen molar-refractivity contribution in [3.05, 3.63) is 0 Å². The standard InChI is InChI=1S/C19H38O2Si/c1-5-14-20-22(21-15-6-2,19-9-7-8-17(19)4)18-12-10-16(3)11-13-18/h16-19H,5-15H2,1-4H3. The van der Waals surface area contributed by atoms with E-state index in [2.05, 4.69) is 27.7 Å². The lowest BCUT2D eigenvalue weighted by molar-refractivity contribution is 0.132. The smallest absolute Gasteiger partial charge is 0.344 e. The highest BCUT2D eigenvalue weighted by atomic mass is 28.4. The fourth-order valence-corrected chi connectivity index (χ4v) is 10.1. The lowest BCUT2D eigenvalue weighted by Gasteiger charge is -2.45. The van der Waals surface area contributed by atoms with E-state index in [1.165, 1.54) is 44.9 Å². The van der Waals surface area contributed by atoms with Crippen LogP contribution < -0.4 is 0 Å². The first-order valence-electron chi connectivity index (χ1n) is 9.91. The molecule has 0 amide bonds. The van der Waals surface area contributed by atoms with Crippen molar-refractivity contribution < 1.29 is 8.85 Å². The second-order valence-electron chi connectivity index (χ2n) is 7.89. The summed E-state index contributed by atoms with van der Waals surface area (Å²) in [4.78, 5) is 0. The van der Waals surface area contributed by atoms with Crippen LogP contribution in [-0.2, 0) is 8.85 Å². The van der Waals surface area contributed by atoms with E-state index in [4.69, 9.17) is 8.85 Å². The fraction of sp³-hybridized carbons (Fsp3) is 1.00. The predicted molar refractivity (Wildman–Crippen MR) is 96.4 cm³/mol. The van der Waals surface area contributed by atoms with Crippen LogP contribution in [0.2, 0.25) is 11.1 Å². The Balaban J connectivity index is 2.21. The van der Waals surface area contributed by atoms with Crippen LogP contribution >= 0.6 is 0 Å². The third kappa shape index (κ3) is 4.15. The Kier molecular flexibility index (Phi) is 7.42. The van der Waals surface area contributed by atoms with Gasteiger partial charge in [-0.3, -0.25) is 0 Å². The third-order valence-electron chi connectivity index (χ3n) is 6.03. The van der Waals surface area contributed by atoms with E-state index in [-0.39, 0.29) is 0 Å². The maximum Gasteiger partial charge on any atom is 0.344 e. The van der Waals surface area contributed by atoms with Gasteiger partial charge in [-0.05, 0) is 43.9 Å². The number of hydrogen-bond acceptors (Lipinski definition) is 2. The molecule has 2 aliphatic carbocycles. The Morgan fingerprint density at radius 2 is 1.41 bits per heavy atom. The molecule has 130 valence electrons. The van der Waals surface area contributed by atoms with Crippen LogP contribution in [0.1, 0.15) is 85.5 Å². The van der Waals surface area contributed by atoms with Crippen molar-refractivity contribution in [2.75, 3.05) is 13.2 Å². The fourth-order valence-electron chi connectivity index (χ4n) is 4.72. The van der Waals surface area contributed by atoms with Crippen molar-refractivity contribution in [3.63, 3.8) is 0 Å². The number of hydrogen-bond donors (Lipinski definition) is 0. The molecular formula is C19H38O2Si. The zero-order valence-electron chi connectivity index (χ0n) is 15.4. The average molecular weight is 327 g/mol. The van der Waals surface area contributed by atoms with Crippen LogP contribution in [0, 0.1) is 11.8 Å². The van der Waals surface area contributed by atoms with Gasteiger partial charge in [-0.1, -0.05) is 53.4 Å². The largest absolute Gasteiger partial charge is 0.394 e. The average Bonchev–Trinajstić information content (AvgIpc) is 2.96. The monoisotopic (exact) mass is 326 g/mol. The molecule has 2 unspecified atom stereocenters. The van der Waals surface area contributed by atoms with Gasteiger partial charge in [0.15, 0.2) is 0 Å². The molecule has 2 fully saturated rings. The minimum Gasteiger partial charge on any atom is -0.394 e. The van der Waals surface area contributed by atoms with E-state index >= 15 is 0 Å². The molecule has 2 nitrogen and oxygen atoms in total. The lowest BCUT2D eigenvalue weighted by Crippen LogP contribution is -2.53. The molecule has 0 aliphatic heterocycles. The maximum atomic E-state index is 6.73. The third-order valence-corrected chi connectivity index (χ3v) is 10.9. The SMILES string of the molecule is CCCO[Si](OCCC)(C1CCC(C)CC1)C1CCCC1C. The second kappa shape index (κ2) is 8.84. The summed E-state index contributed by atoms with van der Waals surface area (Å²) in [6.07, 6.45) is 11.8. The Morgan fingerprint density at radius 1 is 0.818 bits per heavy atom. The lowest BCUT2D eigenvalue weighted by atomic mass is 9.90. The molecule has 3 heteroatoms. The molecule has 0 bridgehead atoms. The van der Waals surface area contributed by atoms with Crippen molar-refractivity contribution in [1.29, 1.82) is 0 Å². The summed E-state index contributed by atoms with van der Waals surface area (Å²) in [5.74, 6) is 1.71. The number of rotatable bonds is 8. The summed E-state index contributed by atoms with van der Waals surface area (Å²) in [6.45, 7) is 11.2. The van der Waals surface area contributed by atoms with E-state index in [1.54, 1.807) is 0 Å². The van der Waals surface area contributed by atoms with Gasteiger partial charge < -0.3 is 8.85 Å². The van der Waals surface area contributed by atoms with Crippen molar-refractivity contribution in [2.24, 2.45) is 11.8 Å². The Morgan fingerprint density at radius 3 is 1.86 bits per heavy atom. The van der Waals surface area contributed by atoms with Crippen LogP contribution in [-0.4, -0.2) is 21.8 Å². The first-order chi connectivity index (χ1) is 10.6. The van der Waals surface area contributed by atoms with Gasteiger partial charge >= 0.3 is 8.56 Å². The minimum absolute atomic E-state index is 0.740. The summed E-state index contributed by atoms with van der Waals surface area (Å²) in [5.41, 5.74) is 1.48. The molecule has 0 aromatic rings. The highest BCUT2D eigenvalue weighted by Gasteiger charge is 2.55. The van der Waals surface area contributed by atoms with Crippen LogP contribution in [0.25, 0.3) is 0 Å². The normalized spacial score (nSPS) is 33.3. The zero-order chi connectivity index (χ0) is 16.0. The van der Waals surface area contributed by atoms with Crippen LogP contribution in [0.15, 0.2) is 0 Å². The van der Waals surface area contributed by atoms with Gasteiger partial charge in [0.25, 0.3) is 0 Å². The Hall–Kier alpha value is 0.137. The molecule has 22 heavy (non-hydrogen) atoms. The van der Waals surface area contributed by atoms with Crippen molar-refractivity contribution >= 4 is 8.56 Å². The zero-order valence-corrected chi connectivity index (χ0v) is 16.4. The van der Waals surface area contributed by atoms with Gasteiger partial charge in [0.05, 0.1) is 0 Å². The van der Waals surface area contributed by atoms with Crippen molar-refractivity contribution in [2.45, 2.75) is 96.6 Å². The Bertz CT molecular complexity index is 305. The highest BCUT2D eigenvalue weighted by Crippen LogP contribution is 2.53. The summed E-state index contributed by atoms with van der Waals surface area (Å²) in [7, 11) is -2.10. The van der Waals surface area contributed by atoms with E-state index in [0.29, 0.717) is 0 Å². The maximum absolute atomic E-state index is 6.73. The van der Waals surface area contributed by atoms with Crippen LogP contribution in [0.5, 0.6) is 0 Å². The minimum atomic E-state index is -2.10. The van der Waals surface area contributed by atoms with Gasteiger partial charge in [0.2, 0.25) is 0 Å². The first kappa shape index (κ1) is 18.5. The van der Waals surface area contributed by atoms with E-state index < -0.39 is 8.56 Å². The van der Waals surface area contributed by atoms with Crippen LogP contribution in [0.4, 0.5) is 0 Å². The molecule has 0 saturated heterocycles. The molecule has 0 spiro atoms. The topological polar surface area (TPSA) is 18.5 Å². The molecule has 0 radical (unpaired) electrons. The molecule has 2 saturated carbocycles. The molecule has 0 N–H and O–H groups in total. The summed E-state index contributed by atoms with van der Waals surface area (Å²) in [5, 5.41) is 0. The Labute approximate surface area is 139 Å². The predicted octanol–water partition coefficient (Wildman–Crippen LogP) is 6.05. The summed E-state index contributed by atoms with van der Waals surface area (Å²) in [6, 6.07) is 0. The molecule has 0 aromatic carbocycles. The van der Waals surface area contributed by atoms with E-state index in [9.17, 15) is 0 Å². The quantitative estimate of drug-likeness (QED) is 0.505. The molecule has 2 atom stereocenters. The molecule has 2 rings (SSSR count). The van der Waals surface area contributed by atoms with Gasteiger partial charge in [0, 0.05) is 24.3 Å². The first-order valence-corrected chi connectivity index (χ1v) is 11.9. The van der Waals surface area contributed by atoms with E-state index in [0.717, 1.165) is 49.0 Å². The van der Waals surface area contributed by atoms with E-state index in [1.807, 2.05) is 0 Å². The van der Waals surface area contributed by atoms with Crippen molar-refractivity contribution in [1.82, 2.24) is 0 Å². The second-order valence-corrected chi connectivity index (χ2v) is 11.5. The van der Waals surface area contributed by atoms with Gasteiger partial charge in [-0.25, -0.2) is 0 Å². The highest BCUT2D eigenvalue weighted by molar-refractivity contribution is 6.70.